The third kappa shape index (κ3) is 3.33. The summed E-state index contributed by atoms with van der Waals surface area (Å²) >= 11 is 0. The first kappa shape index (κ1) is 18.4. The summed E-state index contributed by atoms with van der Waals surface area (Å²) in [5.41, 5.74) is -0.436. The highest BCUT2D eigenvalue weighted by atomic mass is 16.5. The average Bonchev–Trinajstić information content (AvgIpc) is 3.03. The third-order valence-electron chi connectivity index (χ3n) is 3.97. The van der Waals surface area contributed by atoms with Crippen molar-refractivity contribution in [2.24, 2.45) is 7.05 Å². The smallest absolute Gasteiger partial charge is 0.332 e. The van der Waals surface area contributed by atoms with Crippen molar-refractivity contribution in [1.29, 1.82) is 0 Å². The van der Waals surface area contributed by atoms with Crippen LogP contribution in [0.5, 0.6) is 5.75 Å². The summed E-state index contributed by atoms with van der Waals surface area (Å²) in [6.07, 6.45) is 1.54. The van der Waals surface area contributed by atoms with E-state index in [1.807, 2.05) is 0 Å². The topological polar surface area (TPSA) is 121 Å². The number of pyridine rings is 1. The van der Waals surface area contributed by atoms with Gasteiger partial charge in [0.15, 0.2) is 11.5 Å². The molecule has 0 saturated carbocycles. The number of ether oxygens (including phenoxy) is 1. The number of carbonyl (C=O) groups is 1. The number of anilines is 1. The molecular weight excluding hydrogens is 354 g/mol. The quantitative estimate of drug-likeness (QED) is 0.700. The fourth-order valence-electron chi connectivity index (χ4n) is 2.74. The van der Waals surface area contributed by atoms with E-state index in [1.54, 1.807) is 20.8 Å². The van der Waals surface area contributed by atoms with E-state index in [9.17, 15) is 14.4 Å². The molecular formula is C17H19N5O5. The largest absolute Gasteiger partial charge is 0.493 e. The van der Waals surface area contributed by atoms with Crippen LogP contribution in [-0.4, -0.2) is 31.8 Å². The van der Waals surface area contributed by atoms with Crippen LogP contribution in [0.25, 0.3) is 11.0 Å². The molecule has 0 aliphatic carbocycles. The summed E-state index contributed by atoms with van der Waals surface area (Å²) in [4.78, 5) is 42.0. The Balaban J connectivity index is 2.10. The second kappa shape index (κ2) is 7.06. The molecule has 27 heavy (non-hydrogen) atoms. The molecule has 3 aromatic rings. The van der Waals surface area contributed by atoms with Crippen LogP contribution >= 0.6 is 0 Å². The maximum atomic E-state index is 13.0. The number of nitrogens with one attached hydrogen (secondary N) is 1. The van der Waals surface area contributed by atoms with E-state index in [0.717, 1.165) is 4.57 Å². The van der Waals surface area contributed by atoms with Crippen LogP contribution in [0.15, 0.2) is 26.4 Å². The lowest BCUT2D eigenvalue weighted by Crippen LogP contribution is -2.42. The highest BCUT2D eigenvalue weighted by molar-refractivity contribution is 5.90. The van der Waals surface area contributed by atoms with E-state index in [1.165, 1.54) is 23.9 Å². The minimum atomic E-state index is -0.655. The molecule has 0 atom stereocenters. The molecule has 10 heteroatoms. The maximum Gasteiger partial charge on any atom is 0.332 e. The molecule has 0 aliphatic heterocycles. The Morgan fingerprint density at radius 1 is 1.33 bits per heavy atom. The van der Waals surface area contributed by atoms with Crippen LogP contribution in [0.4, 0.5) is 5.82 Å². The second-order valence-corrected chi connectivity index (χ2v) is 6.01. The van der Waals surface area contributed by atoms with Crippen molar-refractivity contribution in [2.45, 2.75) is 27.3 Å². The monoisotopic (exact) mass is 373 g/mol. The van der Waals surface area contributed by atoms with E-state index in [4.69, 9.17) is 9.26 Å². The van der Waals surface area contributed by atoms with Crippen molar-refractivity contribution in [1.82, 2.24) is 19.3 Å². The lowest BCUT2D eigenvalue weighted by atomic mass is 10.2. The Bertz CT molecular complexity index is 1140. The lowest BCUT2D eigenvalue weighted by molar-refractivity contribution is -0.116. The first-order valence-corrected chi connectivity index (χ1v) is 8.28. The van der Waals surface area contributed by atoms with Gasteiger partial charge in [-0.2, -0.15) is 0 Å². The van der Waals surface area contributed by atoms with Gasteiger partial charge in [-0.05, 0) is 20.8 Å². The Morgan fingerprint density at radius 3 is 2.70 bits per heavy atom. The fourth-order valence-corrected chi connectivity index (χ4v) is 2.74. The van der Waals surface area contributed by atoms with Gasteiger partial charge in [-0.15, -0.1) is 0 Å². The molecule has 0 spiro atoms. The molecule has 142 valence electrons. The van der Waals surface area contributed by atoms with Crippen molar-refractivity contribution in [3.8, 4) is 5.75 Å². The number of aromatic nitrogens is 4. The van der Waals surface area contributed by atoms with Crippen molar-refractivity contribution in [2.75, 3.05) is 11.9 Å². The van der Waals surface area contributed by atoms with Gasteiger partial charge < -0.3 is 14.6 Å². The molecule has 0 fully saturated rings. The van der Waals surface area contributed by atoms with Crippen molar-refractivity contribution < 1.29 is 14.1 Å². The molecule has 0 saturated heterocycles. The summed E-state index contributed by atoms with van der Waals surface area (Å²) in [6.45, 7) is 5.09. The maximum absolute atomic E-state index is 13.0. The van der Waals surface area contributed by atoms with Crippen LogP contribution in [0.2, 0.25) is 0 Å². The number of amides is 1. The van der Waals surface area contributed by atoms with Gasteiger partial charge in [-0.25, -0.2) is 14.3 Å². The van der Waals surface area contributed by atoms with Crippen LogP contribution in [0.1, 0.15) is 18.2 Å². The zero-order valence-electron chi connectivity index (χ0n) is 15.4. The summed E-state index contributed by atoms with van der Waals surface area (Å²) < 4.78 is 12.5. The highest BCUT2D eigenvalue weighted by Crippen LogP contribution is 2.24. The predicted molar refractivity (Wildman–Crippen MR) is 97.0 cm³/mol. The molecule has 1 amide bonds. The first-order valence-electron chi connectivity index (χ1n) is 8.28. The Labute approximate surface area is 153 Å². The zero-order valence-corrected chi connectivity index (χ0v) is 15.4. The molecule has 0 bridgehead atoms. The number of hydrogen-bond donors (Lipinski definition) is 1. The van der Waals surface area contributed by atoms with Gasteiger partial charge in [0.2, 0.25) is 5.91 Å². The van der Waals surface area contributed by atoms with Crippen molar-refractivity contribution in [3.05, 3.63) is 44.4 Å². The standard InChI is InChI=1S/C17H19N5O5/c1-5-26-14-9(2)7-18-15-13(14)16(24)22(17(25)21(15)4)8-12(23)19-11-6-10(3)27-20-11/h6-7H,5,8H2,1-4H3,(H,19,20,23). The molecule has 3 heterocycles. The van der Waals surface area contributed by atoms with E-state index in [-0.39, 0.29) is 16.9 Å². The Kier molecular flexibility index (Phi) is 4.80. The Hall–Kier alpha value is -3.43. The van der Waals surface area contributed by atoms with Crippen LogP contribution < -0.4 is 21.3 Å². The van der Waals surface area contributed by atoms with Crippen molar-refractivity contribution in [3.63, 3.8) is 0 Å². The number of rotatable bonds is 5. The van der Waals surface area contributed by atoms with Gasteiger partial charge in [-0.1, -0.05) is 5.16 Å². The molecule has 3 aromatic heterocycles. The van der Waals surface area contributed by atoms with Crippen LogP contribution in [0.3, 0.4) is 0 Å². The predicted octanol–water partition coefficient (Wildman–Crippen LogP) is 0.737. The zero-order chi connectivity index (χ0) is 19.7. The summed E-state index contributed by atoms with van der Waals surface area (Å²) in [5.74, 6) is 0.493. The molecule has 1 N–H and O–H groups in total. The van der Waals surface area contributed by atoms with Gasteiger partial charge in [0.25, 0.3) is 5.56 Å². The number of hydrogen-bond acceptors (Lipinski definition) is 7. The van der Waals surface area contributed by atoms with Crippen LogP contribution in [0, 0.1) is 13.8 Å². The third-order valence-corrected chi connectivity index (χ3v) is 3.97. The van der Waals surface area contributed by atoms with E-state index < -0.39 is 23.7 Å². The van der Waals surface area contributed by atoms with Gasteiger partial charge in [0.1, 0.15) is 23.4 Å². The average molecular weight is 373 g/mol. The van der Waals surface area contributed by atoms with E-state index >= 15 is 0 Å². The highest BCUT2D eigenvalue weighted by Gasteiger charge is 2.20. The summed E-state index contributed by atoms with van der Waals surface area (Å²) in [5, 5.41) is 6.29. The number of carbonyl (C=O) groups excluding carboxylic acids is 1. The van der Waals surface area contributed by atoms with E-state index in [0.29, 0.717) is 23.7 Å². The Morgan fingerprint density at radius 2 is 2.07 bits per heavy atom. The summed E-state index contributed by atoms with van der Waals surface area (Å²) in [7, 11) is 1.48. The second-order valence-electron chi connectivity index (χ2n) is 6.01. The minimum absolute atomic E-state index is 0.157. The number of aryl methyl sites for hydroxylation is 3. The first-order chi connectivity index (χ1) is 12.8. The number of fused-ring (bicyclic) bond motifs is 1. The van der Waals surface area contributed by atoms with Crippen molar-refractivity contribution >= 4 is 22.8 Å². The van der Waals surface area contributed by atoms with Gasteiger partial charge >= 0.3 is 5.69 Å². The van der Waals surface area contributed by atoms with Gasteiger partial charge in [-0.3, -0.25) is 14.2 Å². The molecule has 0 aliphatic rings. The molecule has 3 rings (SSSR count). The lowest BCUT2D eigenvalue weighted by Gasteiger charge is -2.14. The van der Waals surface area contributed by atoms with Gasteiger partial charge in [0, 0.05) is 24.9 Å². The molecule has 0 unspecified atom stereocenters. The normalized spacial score (nSPS) is 11.0. The molecule has 10 nitrogen and oxygen atoms in total. The van der Waals surface area contributed by atoms with Gasteiger partial charge in [0.05, 0.1) is 6.61 Å². The van der Waals surface area contributed by atoms with Crippen LogP contribution in [-0.2, 0) is 18.4 Å². The molecule has 0 radical (unpaired) electrons. The number of nitrogens with zero attached hydrogens (tertiary/aromatic N) is 4. The molecule has 0 aromatic carbocycles. The fraction of sp³-hybridized carbons (Fsp3) is 0.353. The minimum Gasteiger partial charge on any atom is -0.493 e. The summed E-state index contributed by atoms with van der Waals surface area (Å²) in [6, 6.07) is 1.53. The SMILES string of the molecule is CCOc1c(C)cnc2c1c(=O)n(CC(=O)Nc1cc(C)on1)c(=O)n2C. The van der Waals surface area contributed by atoms with E-state index in [2.05, 4.69) is 15.5 Å².